The summed E-state index contributed by atoms with van der Waals surface area (Å²) in [6.45, 7) is 0.00349. The summed E-state index contributed by atoms with van der Waals surface area (Å²) in [4.78, 5) is 33.0. The molecule has 0 heterocycles. The molecule has 7 nitrogen and oxygen atoms in total. The first-order chi connectivity index (χ1) is 9.43. The topological polar surface area (TPSA) is 105 Å². The van der Waals surface area contributed by atoms with Crippen molar-refractivity contribution in [1.82, 2.24) is 10.6 Å². The van der Waals surface area contributed by atoms with Crippen LogP contribution in [0.2, 0.25) is 5.02 Å². The highest BCUT2D eigenvalue weighted by Crippen LogP contribution is 2.22. The second-order valence-corrected chi connectivity index (χ2v) is 4.08. The van der Waals surface area contributed by atoms with Crippen molar-refractivity contribution in [2.75, 3.05) is 13.7 Å². The van der Waals surface area contributed by atoms with Gasteiger partial charge in [-0.25, -0.2) is 9.59 Å². The third-order valence-electron chi connectivity index (χ3n) is 2.25. The zero-order chi connectivity index (χ0) is 15.1. The number of carbonyl (C=O) groups is 3. The Morgan fingerprint density at radius 3 is 2.65 bits per heavy atom. The van der Waals surface area contributed by atoms with Crippen LogP contribution in [-0.2, 0) is 4.79 Å². The zero-order valence-corrected chi connectivity index (χ0v) is 11.4. The van der Waals surface area contributed by atoms with Crippen LogP contribution in [-0.4, -0.2) is 36.7 Å². The van der Waals surface area contributed by atoms with Crippen molar-refractivity contribution in [3.05, 3.63) is 28.8 Å². The Hall–Kier alpha value is -2.28. The number of hydrogen-bond donors (Lipinski definition) is 3. The summed E-state index contributed by atoms with van der Waals surface area (Å²) < 4.78 is 5.22. The summed E-state index contributed by atoms with van der Waals surface area (Å²) in [6, 6.07) is 3.55. The van der Waals surface area contributed by atoms with Gasteiger partial charge in [-0.3, -0.25) is 10.1 Å². The number of carboxylic acids is 1. The molecule has 0 bridgehead atoms. The first-order valence-corrected chi connectivity index (χ1v) is 5.99. The summed E-state index contributed by atoms with van der Waals surface area (Å²) in [6.07, 6.45) is -0.0432. The molecule has 0 saturated heterocycles. The van der Waals surface area contributed by atoms with Crippen LogP contribution in [0, 0.1) is 0 Å². The minimum absolute atomic E-state index is 0.00349. The number of amides is 3. The van der Waals surface area contributed by atoms with Crippen LogP contribution in [0.5, 0.6) is 5.75 Å². The smallest absolute Gasteiger partial charge is 0.337 e. The van der Waals surface area contributed by atoms with Crippen LogP contribution < -0.4 is 15.4 Å². The molecule has 0 radical (unpaired) electrons. The van der Waals surface area contributed by atoms with Crippen molar-refractivity contribution < 1.29 is 24.2 Å². The van der Waals surface area contributed by atoms with Gasteiger partial charge in [-0.05, 0) is 18.2 Å². The molecule has 0 saturated carbocycles. The maximum atomic E-state index is 11.3. The van der Waals surface area contributed by atoms with E-state index in [4.69, 9.17) is 21.4 Å². The minimum Gasteiger partial charge on any atom is -0.493 e. The average molecular weight is 301 g/mol. The summed E-state index contributed by atoms with van der Waals surface area (Å²) in [7, 11) is 1.39. The van der Waals surface area contributed by atoms with Gasteiger partial charge in [0.25, 0.3) is 0 Å². The lowest BCUT2D eigenvalue weighted by atomic mass is 10.2. The molecule has 20 heavy (non-hydrogen) atoms. The molecule has 3 amide bonds. The predicted molar refractivity (Wildman–Crippen MR) is 71.1 cm³/mol. The van der Waals surface area contributed by atoms with E-state index in [9.17, 15) is 14.4 Å². The van der Waals surface area contributed by atoms with Crippen LogP contribution in [0.15, 0.2) is 18.2 Å². The predicted octanol–water partition coefficient (Wildman–Crippen LogP) is 1.26. The second-order valence-electron chi connectivity index (χ2n) is 3.67. The number of imide groups is 1. The van der Waals surface area contributed by atoms with Crippen LogP contribution in [0.1, 0.15) is 16.8 Å². The highest BCUT2D eigenvalue weighted by Gasteiger charge is 2.10. The highest BCUT2D eigenvalue weighted by atomic mass is 35.5. The Balaban J connectivity index is 2.50. The molecule has 8 heteroatoms. The van der Waals surface area contributed by atoms with Crippen molar-refractivity contribution in [2.45, 2.75) is 6.42 Å². The fourth-order valence-corrected chi connectivity index (χ4v) is 1.47. The van der Waals surface area contributed by atoms with Crippen LogP contribution in [0.4, 0.5) is 4.79 Å². The van der Waals surface area contributed by atoms with Gasteiger partial charge >= 0.3 is 12.0 Å². The lowest BCUT2D eigenvalue weighted by molar-refractivity contribution is -0.120. The van der Waals surface area contributed by atoms with Gasteiger partial charge in [-0.2, -0.15) is 0 Å². The van der Waals surface area contributed by atoms with Crippen LogP contribution in [0.3, 0.4) is 0 Å². The van der Waals surface area contributed by atoms with Crippen molar-refractivity contribution in [3.8, 4) is 5.75 Å². The van der Waals surface area contributed by atoms with E-state index < -0.39 is 17.9 Å². The maximum absolute atomic E-state index is 11.3. The maximum Gasteiger partial charge on any atom is 0.337 e. The Kier molecular flexibility index (Phi) is 5.79. The van der Waals surface area contributed by atoms with Crippen LogP contribution in [0.25, 0.3) is 0 Å². The molecular weight excluding hydrogens is 288 g/mol. The molecule has 0 unspecified atom stereocenters. The monoisotopic (exact) mass is 300 g/mol. The van der Waals surface area contributed by atoms with Crippen molar-refractivity contribution in [1.29, 1.82) is 0 Å². The molecule has 0 fully saturated rings. The third-order valence-corrected chi connectivity index (χ3v) is 2.58. The average Bonchev–Trinajstić information content (AvgIpc) is 2.40. The number of urea groups is 1. The van der Waals surface area contributed by atoms with E-state index in [1.807, 2.05) is 0 Å². The summed E-state index contributed by atoms with van der Waals surface area (Å²) in [5.41, 5.74) is -0.0843. The quantitative estimate of drug-likeness (QED) is 0.759. The van der Waals surface area contributed by atoms with E-state index in [0.717, 1.165) is 0 Å². The molecule has 0 spiro atoms. The Morgan fingerprint density at radius 2 is 2.05 bits per heavy atom. The van der Waals surface area contributed by atoms with Crippen LogP contribution >= 0.6 is 11.6 Å². The van der Waals surface area contributed by atoms with Gasteiger partial charge < -0.3 is 15.2 Å². The number of hydrogen-bond acceptors (Lipinski definition) is 4. The Bertz CT molecular complexity index is 533. The van der Waals surface area contributed by atoms with Gasteiger partial charge in [0.15, 0.2) is 0 Å². The molecule has 108 valence electrons. The van der Waals surface area contributed by atoms with E-state index in [2.05, 4.69) is 10.6 Å². The van der Waals surface area contributed by atoms with Crippen molar-refractivity contribution in [2.24, 2.45) is 0 Å². The molecule has 0 aliphatic heterocycles. The number of carboxylic acid groups (broad SMARTS) is 1. The minimum atomic E-state index is -1.17. The van der Waals surface area contributed by atoms with Crippen molar-refractivity contribution >= 4 is 29.5 Å². The summed E-state index contributed by atoms with van der Waals surface area (Å²) in [5.74, 6) is -1.39. The standard InChI is InChI=1S/C12H13ClN2O5/c1-14-12(19)15-10(16)4-5-20-7-2-3-9(13)8(6-7)11(17)18/h2-3,6H,4-5H2,1H3,(H,17,18)(H2,14,15,16,19). The van der Waals surface area contributed by atoms with Gasteiger partial charge in [0, 0.05) is 7.05 Å². The van der Waals surface area contributed by atoms with E-state index in [0.29, 0.717) is 0 Å². The molecule has 0 aliphatic carbocycles. The first kappa shape index (κ1) is 15.8. The summed E-state index contributed by atoms with van der Waals surface area (Å²) >= 11 is 5.70. The van der Waals surface area contributed by atoms with Crippen molar-refractivity contribution in [3.63, 3.8) is 0 Å². The molecule has 1 rings (SSSR count). The molecule has 1 aromatic rings. The number of nitrogens with one attached hydrogen (secondary N) is 2. The third kappa shape index (κ3) is 4.77. The lowest BCUT2D eigenvalue weighted by Crippen LogP contribution is -2.37. The number of carbonyl (C=O) groups excluding carboxylic acids is 2. The zero-order valence-electron chi connectivity index (χ0n) is 10.6. The molecule has 0 aliphatic rings. The molecular formula is C12H13ClN2O5. The highest BCUT2D eigenvalue weighted by molar-refractivity contribution is 6.33. The van der Waals surface area contributed by atoms with Gasteiger partial charge in [0.05, 0.1) is 23.6 Å². The fourth-order valence-electron chi connectivity index (χ4n) is 1.27. The molecule has 0 aromatic heterocycles. The van der Waals surface area contributed by atoms with E-state index in [1.54, 1.807) is 0 Å². The number of ether oxygens (including phenoxy) is 1. The van der Waals surface area contributed by atoms with Gasteiger partial charge in [0.2, 0.25) is 5.91 Å². The van der Waals surface area contributed by atoms with E-state index in [1.165, 1.54) is 25.2 Å². The Morgan fingerprint density at radius 1 is 1.35 bits per heavy atom. The van der Waals surface area contributed by atoms with E-state index in [-0.39, 0.29) is 29.4 Å². The second kappa shape index (κ2) is 7.34. The molecule has 3 N–H and O–H groups in total. The summed E-state index contributed by atoms with van der Waals surface area (Å²) in [5, 5.41) is 13.3. The lowest BCUT2D eigenvalue weighted by Gasteiger charge is -2.08. The first-order valence-electron chi connectivity index (χ1n) is 5.61. The number of rotatable bonds is 5. The SMILES string of the molecule is CNC(=O)NC(=O)CCOc1ccc(Cl)c(C(=O)O)c1. The number of aromatic carboxylic acids is 1. The number of benzene rings is 1. The van der Waals surface area contributed by atoms with Gasteiger partial charge in [-0.15, -0.1) is 0 Å². The Labute approximate surface area is 119 Å². The van der Waals surface area contributed by atoms with Gasteiger partial charge in [0.1, 0.15) is 5.75 Å². The number of halogens is 1. The van der Waals surface area contributed by atoms with Gasteiger partial charge in [-0.1, -0.05) is 11.6 Å². The van der Waals surface area contributed by atoms with E-state index >= 15 is 0 Å². The largest absolute Gasteiger partial charge is 0.493 e. The fraction of sp³-hybridized carbons (Fsp3) is 0.250. The normalized spacial score (nSPS) is 9.70. The molecule has 0 atom stereocenters. The molecule has 1 aromatic carbocycles.